The maximum atomic E-state index is 12.4. The molecule has 0 fully saturated rings. The van der Waals surface area contributed by atoms with E-state index in [2.05, 4.69) is 38.5 Å². The summed E-state index contributed by atoms with van der Waals surface area (Å²) in [4.78, 5) is 25.1. The molecule has 2 aromatic carbocycles. The molecular formula is C23H16N4O. The third kappa shape index (κ3) is 2.16. The number of carbonyl (C=O) groups excluding carboxylic acids is 1. The zero-order chi connectivity index (χ0) is 18.7. The van der Waals surface area contributed by atoms with E-state index in [0.29, 0.717) is 6.54 Å². The number of para-hydroxylation sites is 1. The van der Waals surface area contributed by atoms with Gasteiger partial charge in [0.2, 0.25) is 0 Å². The average molecular weight is 364 g/mol. The van der Waals surface area contributed by atoms with Gasteiger partial charge in [0.05, 0.1) is 22.3 Å². The molecule has 0 spiro atoms. The van der Waals surface area contributed by atoms with Crippen molar-refractivity contribution in [2.24, 2.45) is 0 Å². The van der Waals surface area contributed by atoms with Gasteiger partial charge in [-0.2, -0.15) is 0 Å². The van der Waals surface area contributed by atoms with Crippen molar-refractivity contribution in [3.05, 3.63) is 72.2 Å². The maximum absolute atomic E-state index is 12.4. The third-order valence-corrected chi connectivity index (χ3v) is 5.52. The van der Waals surface area contributed by atoms with Crippen LogP contribution in [0.5, 0.6) is 0 Å². The topological polar surface area (TPSA) is 70.7 Å². The van der Waals surface area contributed by atoms with Crippen LogP contribution in [0.15, 0.2) is 60.9 Å². The van der Waals surface area contributed by atoms with Gasteiger partial charge in [-0.05, 0) is 18.2 Å². The highest BCUT2D eigenvalue weighted by Crippen LogP contribution is 2.32. The normalized spacial score (nSPS) is 13.8. The number of hydrogen-bond donors (Lipinski definition) is 2. The molecule has 0 radical (unpaired) electrons. The van der Waals surface area contributed by atoms with Crippen LogP contribution >= 0.6 is 0 Å². The van der Waals surface area contributed by atoms with Crippen molar-refractivity contribution in [2.45, 2.75) is 6.42 Å². The van der Waals surface area contributed by atoms with Crippen molar-refractivity contribution in [2.75, 3.05) is 6.54 Å². The molecule has 1 amide bonds. The van der Waals surface area contributed by atoms with Gasteiger partial charge < -0.3 is 10.3 Å². The Morgan fingerprint density at radius 2 is 1.82 bits per heavy atom. The lowest BCUT2D eigenvalue weighted by Crippen LogP contribution is -2.31. The summed E-state index contributed by atoms with van der Waals surface area (Å²) >= 11 is 0. The third-order valence-electron chi connectivity index (χ3n) is 5.52. The molecular weight excluding hydrogens is 348 g/mol. The first-order valence-electron chi connectivity index (χ1n) is 9.34. The molecule has 0 saturated carbocycles. The van der Waals surface area contributed by atoms with Crippen molar-refractivity contribution >= 4 is 38.5 Å². The van der Waals surface area contributed by atoms with Crippen LogP contribution in [0.1, 0.15) is 16.1 Å². The summed E-state index contributed by atoms with van der Waals surface area (Å²) in [6.07, 6.45) is 4.58. The van der Waals surface area contributed by atoms with Crippen molar-refractivity contribution in [1.82, 2.24) is 20.3 Å². The summed E-state index contributed by atoms with van der Waals surface area (Å²) in [6, 6.07) is 16.3. The van der Waals surface area contributed by atoms with E-state index in [1.165, 1.54) is 0 Å². The van der Waals surface area contributed by atoms with Gasteiger partial charge in [0.1, 0.15) is 0 Å². The highest BCUT2D eigenvalue weighted by atomic mass is 16.1. The number of amides is 1. The minimum atomic E-state index is -0.000131. The van der Waals surface area contributed by atoms with Crippen molar-refractivity contribution in [3.63, 3.8) is 0 Å². The molecule has 0 aliphatic carbocycles. The Bertz CT molecular complexity index is 1420. The lowest BCUT2D eigenvalue weighted by molar-refractivity contribution is 0.0947. The number of nitrogens with zero attached hydrogens (tertiary/aromatic N) is 2. The van der Waals surface area contributed by atoms with Crippen LogP contribution in [0, 0.1) is 0 Å². The molecule has 4 heterocycles. The molecule has 3 aromatic heterocycles. The molecule has 28 heavy (non-hydrogen) atoms. The number of aromatic nitrogens is 3. The molecule has 1 aliphatic rings. The van der Waals surface area contributed by atoms with Gasteiger partial charge in [0.15, 0.2) is 0 Å². The van der Waals surface area contributed by atoms with Gasteiger partial charge in [-0.25, -0.2) is 0 Å². The molecule has 0 atom stereocenters. The van der Waals surface area contributed by atoms with E-state index in [0.717, 1.165) is 61.5 Å². The van der Waals surface area contributed by atoms with Crippen LogP contribution < -0.4 is 5.32 Å². The highest BCUT2D eigenvalue weighted by Gasteiger charge is 2.23. The number of pyridine rings is 2. The number of benzene rings is 2. The Hall–Kier alpha value is -3.73. The lowest BCUT2D eigenvalue weighted by atomic mass is 10.0. The number of nitrogens with one attached hydrogen (secondary N) is 2. The summed E-state index contributed by atoms with van der Waals surface area (Å²) in [7, 11) is 0. The first kappa shape index (κ1) is 15.3. The number of carbonyl (C=O) groups is 1. The molecule has 5 heteroatoms. The molecule has 0 saturated heterocycles. The average Bonchev–Trinajstić information content (AvgIpc) is 3.13. The first-order valence-corrected chi connectivity index (χ1v) is 9.34. The molecule has 134 valence electrons. The van der Waals surface area contributed by atoms with Crippen molar-refractivity contribution in [1.29, 1.82) is 0 Å². The summed E-state index contributed by atoms with van der Waals surface area (Å²) in [5, 5.41) is 7.11. The Labute approximate surface area is 160 Å². The number of fused-ring (bicyclic) bond motifs is 6. The Morgan fingerprint density at radius 1 is 0.893 bits per heavy atom. The zero-order valence-electron chi connectivity index (χ0n) is 15.0. The Balaban J connectivity index is 1.60. The van der Waals surface area contributed by atoms with Crippen LogP contribution in [0.4, 0.5) is 0 Å². The summed E-state index contributed by atoms with van der Waals surface area (Å²) in [6.45, 7) is 0.673. The second kappa shape index (κ2) is 5.63. The SMILES string of the molecule is O=C1NCCc2[nH]c3c(ccc4cnc(-c5cnc6ccccc6c5)cc43)c21. The fraction of sp³-hybridized carbons (Fsp3) is 0.0870. The second-order valence-electron chi connectivity index (χ2n) is 7.18. The number of aromatic amines is 1. The molecule has 1 aliphatic heterocycles. The Morgan fingerprint density at radius 3 is 2.79 bits per heavy atom. The largest absolute Gasteiger partial charge is 0.357 e. The zero-order valence-corrected chi connectivity index (χ0v) is 15.0. The standard InChI is InChI=1S/C23H16N4O/c28-23-21-16-6-5-14-11-26-20(10-17(14)22(16)27-19(21)7-8-24-23)15-9-13-3-1-2-4-18(13)25-12-15/h1-6,9-12,27H,7-8H2,(H,24,28). The number of hydrogen-bond acceptors (Lipinski definition) is 3. The van der Waals surface area contributed by atoms with E-state index in [-0.39, 0.29) is 5.91 Å². The van der Waals surface area contributed by atoms with Gasteiger partial charge in [-0.15, -0.1) is 0 Å². The molecule has 2 N–H and O–H groups in total. The molecule has 5 nitrogen and oxygen atoms in total. The van der Waals surface area contributed by atoms with E-state index in [1.54, 1.807) is 0 Å². The van der Waals surface area contributed by atoms with E-state index in [1.807, 2.05) is 42.7 Å². The number of rotatable bonds is 1. The van der Waals surface area contributed by atoms with E-state index >= 15 is 0 Å². The first-order chi connectivity index (χ1) is 13.8. The fourth-order valence-corrected chi connectivity index (χ4v) is 4.14. The van der Waals surface area contributed by atoms with Crippen LogP contribution in [0.3, 0.4) is 0 Å². The summed E-state index contributed by atoms with van der Waals surface area (Å²) in [5.74, 6) is -0.000131. The van der Waals surface area contributed by atoms with Gasteiger partial charge >= 0.3 is 0 Å². The second-order valence-corrected chi connectivity index (χ2v) is 7.18. The van der Waals surface area contributed by atoms with Crippen molar-refractivity contribution < 1.29 is 4.79 Å². The monoisotopic (exact) mass is 364 g/mol. The van der Waals surface area contributed by atoms with Crippen LogP contribution in [-0.4, -0.2) is 27.4 Å². The van der Waals surface area contributed by atoms with E-state index < -0.39 is 0 Å². The summed E-state index contributed by atoms with van der Waals surface area (Å²) < 4.78 is 0. The lowest BCUT2D eigenvalue weighted by Gasteiger charge is -2.11. The van der Waals surface area contributed by atoms with Gasteiger partial charge in [0.25, 0.3) is 5.91 Å². The smallest absolute Gasteiger partial charge is 0.253 e. The van der Waals surface area contributed by atoms with Crippen LogP contribution in [0.2, 0.25) is 0 Å². The van der Waals surface area contributed by atoms with Crippen LogP contribution in [0.25, 0.3) is 43.8 Å². The summed E-state index contributed by atoms with van der Waals surface area (Å²) in [5.41, 5.74) is 5.60. The Kier molecular flexibility index (Phi) is 3.09. The van der Waals surface area contributed by atoms with Gasteiger partial charge in [0, 0.05) is 58.2 Å². The minimum absolute atomic E-state index is 0.000131. The van der Waals surface area contributed by atoms with E-state index in [9.17, 15) is 4.79 Å². The van der Waals surface area contributed by atoms with Gasteiger partial charge in [-0.3, -0.25) is 14.8 Å². The molecule has 6 rings (SSSR count). The molecule has 0 unspecified atom stereocenters. The van der Waals surface area contributed by atoms with Crippen molar-refractivity contribution in [3.8, 4) is 11.3 Å². The van der Waals surface area contributed by atoms with Crippen LogP contribution in [-0.2, 0) is 6.42 Å². The van der Waals surface area contributed by atoms with E-state index in [4.69, 9.17) is 0 Å². The van der Waals surface area contributed by atoms with Gasteiger partial charge in [-0.1, -0.05) is 30.3 Å². The minimum Gasteiger partial charge on any atom is -0.357 e. The highest BCUT2D eigenvalue weighted by molar-refractivity contribution is 6.16. The fourth-order valence-electron chi connectivity index (χ4n) is 4.14. The predicted octanol–water partition coefficient (Wildman–Crippen LogP) is 4.22. The molecule has 5 aromatic rings. The number of H-pyrrole nitrogens is 1. The maximum Gasteiger partial charge on any atom is 0.253 e. The molecule has 0 bridgehead atoms. The quantitative estimate of drug-likeness (QED) is 0.468. The predicted molar refractivity (Wildman–Crippen MR) is 110 cm³/mol.